The molecule has 1 rings (SSSR count). The Bertz CT molecular complexity index is 497. The minimum atomic E-state index is -4.14. The second kappa shape index (κ2) is 10.9. The van der Waals surface area contributed by atoms with E-state index in [1.165, 1.54) is 0 Å². The van der Waals surface area contributed by atoms with Gasteiger partial charge in [-0.25, -0.2) is 0 Å². The molecular weight excluding hydrogens is 423 g/mol. The van der Waals surface area contributed by atoms with Gasteiger partial charge in [-0.3, -0.25) is 13.7 Å². The lowest BCUT2D eigenvalue weighted by Crippen LogP contribution is -2.38. The standard InChI is InChI=1S/C12H30N3O9P3/c16-25(17,18)10-7-13-1-2-14(8-11-26(19,20)21)5-6-15(4-3-13)9-12-27(22,23)24/h1-12H2,(H2,16,17,18)(H2,19,20,21)(H2,22,23,24). The fourth-order valence-corrected chi connectivity index (χ4v) is 4.30. The van der Waals surface area contributed by atoms with Crippen LogP contribution < -0.4 is 0 Å². The monoisotopic (exact) mass is 453 g/mol. The quantitative estimate of drug-likeness (QED) is 0.221. The SMILES string of the molecule is O=P(O)(O)CCN1CCN(CCP(=O)(O)O)CCN(CCP(=O)(O)O)CC1. The van der Waals surface area contributed by atoms with E-state index in [0.717, 1.165) is 0 Å². The first-order valence-corrected chi connectivity index (χ1v) is 13.9. The molecule has 0 unspecified atom stereocenters. The zero-order valence-corrected chi connectivity index (χ0v) is 17.8. The number of rotatable bonds is 9. The molecule has 1 aliphatic heterocycles. The zero-order valence-electron chi connectivity index (χ0n) is 15.1. The minimum Gasteiger partial charge on any atom is -0.324 e. The number of hydrogen-bond acceptors (Lipinski definition) is 6. The molecule has 0 amide bonds. The molecular formula is C12H30N3O9P3. The molecule has 12 nitrogen and oxygen atoms in total. The van der Waals surface area contributed by atoms with E-state index < -0.39 is 22.8 Å². The summed E-state index contributed by atoms with van der Waals surface area (Å²) in [7, 11) is -12.4. The summed E-state index contributed by atoms with van der Waals surface area (Å²) < 4.78 is 33.4. The molecule has 0 saturated carbocycles. The largest absolute Gasteiger partial charge is 0.326 e. The van der Waals surface area contributed by atoms with E-state index in [1.54, 1.807) is 0 Å². The summed E-state index contributed by atoms with van der Waals surface area (Å²) in [6.07, 6.45) is -0.881. The first-order valence-electron chi connectivity index (χ1n) is 8.54. The highest BCUT2D eigenvalue weighted by molar-refractivity contribution is 7.52. The third kappa shape index (κ3) is 14.0. The first kappa shape index (κ1) is 25.4. The second-order valence-corrected chi connectivity index (χ2v) is 12.0. The van der Waals surface area contributed by atoms with Crippen LogP contribution in [0.3, 0.4) is 0 Å². The van der Waals surface area contributed by atoms with Gasteiger partial charge < -0.3 is 44.1 Å². The molecule has 0 bridgehead atoms. The Hall–Kier alpha value is 0.330. The van der Waals surface area contributed by atoms with Gasteiger partial charge in [-0.2, -0.15) is 0 Å². The summed E-state index contributed by atoms with van der Waals surface area (Å²) >= 11 is 0. The Balaban J connectivity index is 2.72. The molecule has 0 aliphatic carbocycles. The maximum atomic E-state index is 11.1. The fraction of sp³-hybridized carbons (Fsp3) is 1.00. The van der Waals surface area contributed by atoms with Gasteiger partial charge in [0.05, 0.1) is 18.5 Å². The molecule has 0 atom stereocenters. The van der Waals surface area contributed by atoms with Crippen LogP contribution >= 0.6 is 22.8 Å². The van der Waals surface area contributed by atoms with E-state index in [-0.39, 0.29) is 38.1 Å². The van der Waals surface area contributed by atoms with Gasteiger partial charge in [0.1, 0.15) is 0 Å². The van der Waals surface area contributed by atoms with Crippen molar-refractivity contribution in [2.75, 3.05) is 77.4 Å². The summed E-state index contributed by atoms with van der Waals surface area (Å²) in [5, 5.41) is 0. The third-order valence-corrected chi connectivity index (χ3v) is 6.67. The normalized spacial score (nSPS) is 20.2. The molecule has 1 saturated heterocycles. The van der Waals surface area contributed by atoms with Crippen LogP contribution in [-0.4, -0.2) is 121 Å². The summed E-state index contributed by atoms with van der Waals surface area (Å²) in [5.74, 6) is 0. The van der Waals surface area contributed by atoms with Crippen LogP contribution in [0, 0.1) is 0 Å². The smallest absolute Gasteiger partial charge is 0.324 e. The van der Waals surface area contributed by atoms with Crippen molar-refractivity contribution < 1.29 is 43.1 Å². The lowest BCUT2D eigenvalue weighted by molar-refractivity contribution is 0.227. The zero-order chi connectivity index (χ0) is 20.7. The maximum absolute atomic E-state index is 11.1. The van der Waals surface area contributed by atoms with Crippen LogP contribution in [0.2, 0.25) is 0 Å². The number of hydrogen-bond donors (Lipinski definition) is 6. The molecule has 27 heavy (non-hydrogen) atoms. The van der Waals surface area contributed by atoms with Crippen molar-refractivity contribution >= 4 is 22.8 Å². The predicted octanol–water partition coefficient (Wildman–Crippen LogP) is -1.56. The molecule has 15 heteroatoms. The van der Waals surface area contributed by atoms with Gasteiger partial charge in [0.25, 0.3) is 0 Å². The van der Waals surface area contributed by atoms with Crippen molar-refractivity contribution in [1.82, 2.24) is 14.7 Å². The van der Waals surface area contributed by atoms with Crippen molar-refractivity contribution in [3.05, 3.63) is 0 Å². The first-order chi connectivity index (χ1) is 12.2. The van der Waals surface area contributed by atoms with Gasteiger partial charge in [-0.15, -0.1) is 0 Å². The van der Waals surface area contributed by atoms with Gasteiger partial charge in [-0.1, -0.05) is 0 Å². The fourth-order valence-electron chi connectivity index (χ4n) is 2.67. The predicted molar refractivity (Wildman–Crippen MR) is 100 cm³/mol. The molecule has 0 aromatic heterocycles. The Morgan fingerprint density at radius 2 is 0.667 bits per heavy atom. The van der Waals surface area contributed by atoms with Crippen molar-refractivity contribution in [2.45, 2.75) is 0 Å². The summed E-state index contributed by atoms with van der Waals surface area (Å²) in [6, 6.07) is 0. The maximum Gasteiger partial charge on any atom is 0.326 e. The van der Waals surface area contributed by atoms with E-state index in [9.17, 15) is 13.7 Å². The number of nitrogens with zero attached hydrogens (tertiary/aromatic N) is 3. The highest BCUT2D eigenvalue weighted by Crippen LogP contribution is 2.35. The van der Waals surface area contributed by atoms with Gasteiger partial charge in [0.2, 0.25) is 0 Å². The molecule has 0 spiro atoms. The van der Waals surface area contributed by atoms with Gasteiger partial charge >= 0.3 is 22.8 Å². The van der Waals surface area contributed by atoms with Crippen LogP contribution in [0.25, 0.3) is 0 Å². The van der Waals surface area contributed by atoms with Crippen molar-refractivity contribution in [2.24, 2.45) is 0 Å². The average Bonchev–Trinajstić information content (AvgIpc) is 2.57. The van der Waals surface area contributed by atoms with Gasteiger partial charge in [-0.05, 0) is 0 Å². The topological polar surface area (TPSA) is 182 Å². The molecule has 1 heterocycles. The van der Waals surface area contributed by atoms with Gasteiger partial charge in [0, 0.05) is 58.9 Å². The Morgan fingerprint density at radius 1 is 0.481 bits per heavy atom. The summed E-state index contributed by atoms with van der Waals surface area (Å²) in [5.41, 5.74) is 0. The van der Waals surface area contributed by atoms with Crippen LogP contribution in [0.15, 0.2) is 0 Å². The minimum absolute atomic E-state index is 0.170. The van der Waals surface area contributed by atoms with Crippen molar-refractivity contribution in [3.63, 3.8) is 0 Å². The lowest BCUT2D eigenvalue weighted by atomic mass is 10.4. The van der Waals surface area contributed by atoms with E-state index in [2.05, 4.69) is 0 Å². The van der Waals surface area contributed by atoms with Crippen LogP contribution in [-0.2, 0) is 13.7 Å². The summed E-state index contributed by atoms with van der Waals surface area (Å²) in [6.45, 7) is 3.39. The lowest BCUT2D eigenvalue weighted by Gasteiger charge is -2.25. The molecule has 6 N–H and O–H groups in total. The van der Waals surface area contributed by atoms with Gasteiger partial charge in [0.15, 0.2) is 0 Å². The molecule has 0 radical (unpaired) electrons. The van der Waals surface area contributed by atoms with Crippen LogP contribution in [0.5, 0.6) is 0 Å². The molecule has 1 aliphatic rings. The molecule has 0 aromatic carbocycles. The highest BCUT2D eigenvalue weighted by Gasteiger charge is 2.22. The molecule has 162 valence electrons. The molecule has 1 fully saturated rings. The van der Waals surface area contributed by atoms with Crippen LogP contribution in [0.1, 0.15) is 0 Å². The van der Waals surface area contributed by atoms with E-state index in [0.29, 0.717) is 39.3 Å². The van der Waals surface area contributed by atoms with Crippen molar-refractivity contribution in [1.29, 1.82) is 0 Å². The Morgan fingerprint density at radius 3 is 0.815 bits per heavy atom. The van der Waals surface area contributed by atoms with Crippen LogP contribution in [0.4, 0.5) is 0 Å². The van der Waals surface area contributed by atoms with E-state index in [4.69, 9.17) is 29.4 Å². The Kier molecular flexibility index (Phi) is 10.3. The second-order valence-electron chi connectivity index (χ2n) is 6.69. The molecule has 0 aromatic rings. The average molecular weight is 453 g/mol. The Labute approximate surface area is 158 Å². The third-order valence-electron chi connectivity index (χ3n) is 4.32. The van der Waals surface area contributed by atoms with E-state index >= 15 is 0 Å². The van der Waals surface area contributed by atoms with Crippen molar-refractivity contribution in [3.8, 4) is 0 Å². The highest BCUT2D eigenvalue weighted by atomic mass is 31.2. The summed E-state index contributed by atoms with van der Waals surface area (Å²) in [4.78, 5) is 60.0. The van der Waals surface area contributed by atoms with E-state index in [1.807, 2.05) is 14.7 Å².